The Balaban J connectivity index is 2.64. The molecule has 4 nitrogen and oxygen atoms in total. The van der Waals surface area contributed by atoms with Crippen molar-refractivity contribution in [3.8, 4) is 5.75 Å². The van der Waals surface area contributed by atoms with Crippen molar-refractivity contribution in [3.63, 3.8) is 0 Å². The predicted octanol–water partition coefficient (Wildman–Crippen LogP) is 2.18. The molecule has 1 aromatic rings. The minimum Gasteiger partial charge on any atom is -0.494 e. The first-order valence-electron chi connectivity index (χ1n) is 3.95. The maximum atomic E-state index is 10.2. The molecule has 0 saturated heterocycles. The Bertz CT molecular complexity index is 281. The van der Waals surface area contributed by atoms with Gasteiger partial charge in [0.1, 0.15) is 5.75 Å². The highest BCUT2D eigenvalue weighted by molar-refractivity contribution is 5.82. The molecule has 2 N–H and O–H groups in total. The number of ether oxygens (including phenoxy) is 1. The van der Waals surface area contributed by atoms with Crippen LogP contribution in [0, 0.1) is 0 Å². The van der Waals surface area contributed by atoms with E-state index in [9.17, 15) is 4.79 Å². The maximum Gasteiger partial charge on any atom is 0.409 e. The molecule has 4 heteroatoms. The zero-order chi connectivity index (χ0) is 9.68. The van der Waals surface area contributed by atoms with Crippen molar-refractivity contribution in [1.29, 1.82) is 0 Å². The van der Waals surface area contributed by atoms with Crippen molar-refractivity contribution in [2.24, 2.45) is 0 Å². The number of carbonyl (C=O) groups is 1. The third kappa shape index (κ3) is 3.02. The summed E-state index contributed by atoms with van der Waals surface area (Å²) >= 11 is 0. The summed E-state index contributed by atoms with van der Waals surface area (Å²) in [5, 5.41) is 10.6. The fourth-order valence-corrected chi connectivity index (χ4v) is 0.925. The van der Waals surface area contributed by atoms with Crippen molar-refractivity contribution in [3.05, 3.63) is 24.3 Å². The summed E-state index contributed by atoms with van der Waals surface area (Å²) in [5.41, 5.74) is 0.538. The summed E-state index contributed by atoms with van der Waals surface area (Å²) in [6.45, 7) is 2.50. The second kappa shape index (κ2) is 4.35. The van der Waals surface area contributed by atoms with E-state index in [0.29, 0.717) is 12.3 Å². The predicted molar refractivity (Wildman–Crippen MR) is 49.3 cm³/mol. The minimum atomic E-state index is -1.07. The van der Waals surface area contributed by atoms with Crippen molar-refractivity contribution in [2.75, 3.05) is 11.9 Å². The van der Waals surface area contributed by atoms with Gasteiger partial charge in [0.25, 0.3) is 0 Å². The molecule has 70 valence electrons. The molecule has 0 spiro atoms. The van der Waals surface area contributed by atoms with Crippen LogP contribution in [0.15, 0.2) is 24.3 Å². The highest BCUT2D eigenvalue weighted by Crippen LogP contribution is 2.15. The average Bonchev–Trinajstić information content (AvgIpc) is 2.08. The number of hydrogen-bond donors (Lipinski definition) is 2. The Morgan fingerprint density at radius 2 is 2.08 bits per heavy atom. The zero-order valence-corrected chi connectivity index (χ0v) is 7.28. The number of rotatable bonds is 3. The number of amides is 1. The standard InChI is InChI=1S/C9H11NO3/c1-2-13-8-5-3-7(4-6-8)10-9(11)12/h3-6,10H,2H2,1H3,(H,11,12). The first-order chi connectivity index (χ1) is 6.22. The van der Waals surface area contributed by atoms with Crippen molar-refractivity contribution < 1.29 is 14.6 Å². The van der Waals surface area contributed by atoms with E-state index >= 15 is 0 Å². The van der Waals surface area contributed by atoms with E-state index in [0.717, 1.165) is 5.75 Å². The number of benzene rings is 1. The summed E-state index contributed by atoms with van der Waals surface area (Å²) in [6.07, 6.45) is -1.07. The van der Waals surface area contributed by atoms with E-state index in [1.54, 1.807) is 24.3 Å². The van der Waals surface area contributed by atoms with Crippen LogP contribution in [0.3, 0.4) is 0 Å². The Hall–Kier alpha value is -1.71. The van der Waals surface area contributed by atoms with Crippen molar-refractivity contribution in [2.45, 2.75) is 6.92 Å². The van der Waals surface area contributed by atoms with Gasteiger partial charge in [-0.15, -0.1) is 0 Å². The second-order valence-corrected chi connectivity index (χ2v) is 2.39. The Kier molecular flexibility index (Phi) is 3.14. The van der Waals surface area contributed by atoms with Gasteiger partial charge in [-0.25, -0.2) is 4.79 Å². The van der Waals surface area contributed by atoms with Crippen LogP contribution in [0.4, 0.5) is 10.5 Å². The van der Waals surface area contributed by atoms with Gasteiger partial charge in [0, 0.05) is 5.69 Å². The van der Waals surface area contributed by atoms with Gasteiger partial charge in [-0.05, 0) is 31.2 Å². The highest BCUT2D eigenvalue weighted by atomic mass is 16.5. The molecule has 0 atom stereocenters. The van der Waals surface area contributed by atoms with E-state index in [1.807, 2.05) is 6.92 Å². The smallest absolute Gasteiger partial charge is 0.409 e. The van der Waals surface area contributed by atoms with Crippen molar-refractivity contribution in [1.82, 2.24) is 0 Å². The molecule has 0 aliphatic carbocycles. The molecule has 0 bridgehead atoms. The van der Waals surface area contributed by atoms with E-state index < -0.39 is 6.09 Å². The number of hydrogen-bond acceptors (Lipinski definition) is 2. The average molecular weight is 181 g/mol. The molecule has 13 heavy (non-hydrogen) atoms. The number of anilines is 1. The van der Waals surface area contributed by atoms with Gasteiger partial charge in [0.05, 0.1) is 6.61 Å². The minimum absolute atomic E-state index is 0.538. The molecule has 0 unspecified atom stereocenters. The van der Waals surface area contributed by atoms with Crippen LogP contribution in [0.25, 0.3) is 0 Å². The summed E-state index contributed by atoms with van der Waals surface area (Å²) in [7, 11) is 0. The van der Waals surface area contributed by atoms with Crippen LogP contribution in [0.1, 0.15) is 6.92 Å². The van der Waals surface area contributed by atoms with Crippen LogP contribution >= 0.6 is 0 Å². The van der Waals surface area contributed by atoms with Crippen LogP contribution in [-0.4, -0.2) is 17.8 Å². The Morgan fingerprint density at radius 1 is 1.46 bits per heavy atom. The molecule has 1 rings (SSSR count). The van der Waals surface area contributed by atoms with E-state index in [1.165, 1.54) is 0 Å². The third-order valence-electron chi connectivity index (χ3n) is 1.42. The van der Waals surface area contributed by atoms with Crippen LogP contribution < -0.4 is 10.1 Å². The monoisotopic (exact) mass is 181 g/mol. The van der Waals surface area contributed by atoms with Crippen LogP contribution in [0.5, 0.6) is 5.75 Å². The molecule has 1 aromatic carbocycles. The molecule has 0 fully saturated rings. The molecule has 0 aliphatic rings. The number of carboxylic acid groups (broad SMARTS) is 1. The molecular weight excluding hydrogens is 170 g/mol. The lowest BCUT2D eigenvalue weighted by molar-refractivity contribution is 0.209. The molecule has 0 saturated carbocycles. The molecule has 1 amide bonds. The fraction of sp³-hybridized carbons (Fsp3) is 0.222. The van der Waals surface area contributed by atoms with Gasteiger partial charge < -0.3 is 9.84 Å². The quantitative estimate of drug-likeness (QED) is 0.751. The molecule has 0 radical (unpaired) electrons. The van der Waals surface area contributed by atoms with Crippen LogP contribution in [0.2, 0.25) is 0 Å². The normalized spacial score (nSPS) is 9.31. The maximum absolute atomic E-state index is 10.2. The third-order valence-corrected chi connectivity index (χ3v) is 1.42. The van der Waals surface area contributed by atoms with Gasteiger partial charge in [-0.2, -0.15) is 0 Å². The lowest BCUT2D eigenvalue weighted by Crippen LogP contribution is -2.06. The summed E-state index contributed by atoms with van der Waals surface area (Å²) in [4.78, 5) is 10.2. The Labute approximate surface area is 76.1 Å². The van der Waals surface area contributed by atoms with Gasteiger partial charge >= 0.3 is 6.09 Å². The second-order valence-electron chi connectivity index (χ2n) is 2.39. The van der Waals surface area contributed by atoms with Crippen LogP contribution in [-0.2, 0) is 0 Å². The van der Waals surface area contributed by atoms with Crippen molar-refractivity contribution >= 4 is 11.8 Å². The van der Waals surface area contributed by atoms with Gasteiger partial charge in [0.15, 0.2) is 0 Å². The first kappa shape index (κ1) is 9.38. The Morgan fingerprint density at radius 3 is 2.54 bits per heavy atom. The van der Waals surface area contributed by atoms with E-state index in [-0.39, 0.29) is 0 Å². The van der Waals surface area contributed by atoms with Gasteiger partial charge in [0.2, 0.25) is 0 Å². The summed E-state index contributed by atoms with van der Waals surface area (Å²) < 4.78 is 5.19. The first-order valence-corrected chi connectivity index (χ1v) is 3.95. The number of nitrogens with one attached hydrogen (secondary N) is 1. The molecule has 0 aliphatic heterocycles. The summed E-state index contributed by atoms with van der Waals surface area (Å²) in [6, 6.07) is 6.74. The molecular formula is C9H11NO3. The zero-order valence-electron chi connectivity index (χ0n) is 7.28. The lowest BCUT2D eigenvalue weighted by atomic mass is 10.3. The fourth-order valence-electron chi connectivity index (χ4n) is 0.925. The van der Waals surface area contributed by atoms with Gasteiger partial charge in [-0.3, -0.25) is 5.32 Å². The topological polar surface area (TPSA) is 58.6 Å². The highest BCUT2D eigenvalue weighted by Gasteiger charge is 1.97. The molecule has 0 aromatic heterocycles. The summed E-state index contributed by atoms with van der Waals surface area (Å²) in [5.74, 6) is 0.735. The lowest BCUT2D eigenvalue weighted by Gasteiger charge is -2.03. The SMILES string of the molecule is CCOc1ccc(NC(=O)O)cc1. The van der Waals surface area contributed by atoms with Gasteiger partial charge in [-0.1, -0.05) is 0 Å². The molecule has 0 heterocycles. The largest absolute Gasteiger partial charge is 0.494 e. The van der Waals surface area contributed by atoms with E-state index in [2.05, 4.69) is 5.32 Å². The van der Waals surface area contributed by atoms with E-state index in [4.69, 9.17) is 9.84 Å².